The van der Waals surface area contributed by atoms with Gasteiger partial charge in [0.1, 0.15) is 5.69 Å². The summed E-state index contributed by atoms with van der Waals surface area (Å²) in [5.74, 6) is 0. The van der Waals surface area contributed by atoms with Gasteiger partial charge in [-0.15, -0.1) is 5.10 Å². The van der Waals surface area contributed by atoms with E-state index in [4.69, 9.17) is 11.6 Å². The van der Waals surface area contributed by atoms with Crippen LogP contribution in [0.3, 0.4) is 0 Å². The van der Waals surface area contributed by atoms with Crippen LogP contribution in [0, 0.1) is 0 Å². The zero-order valence-electron chi connectivity index (χ0n) is 19.7. The fourth-order valence-corrected chi connectivity index (χ4v) is 4.85. The van der Waals surface area contributed by atoms with Crippen molar-refractivity contribution in [2.45, 2.75) is 12.1 Å². The highest BCUT2D eigenvalue weighted by Crippen LogP contribution is 2.37. The summed E-state index contributed by atoms with van der Waals surface area (Å²) in [6.45, 7) is 0.680. The zero-order chi connectivity index (χ0) is 25.8. The molecule has 1 aromatic heterocycles. The summed E-state index contributed by atoms with van der Waals surface area (Å²) in [5.41, 5.74) is 3.21. The van der Waals surface area contributed by atoms with Gasteiger partial charge >= 0.3 is 0 Å². The summed E-state index contributed by atoms with van der Waals surface area (Å²) in [4.78, 5) is 0. The third-order valence-corrected chi connectivity index (χ3v) is 7.44. The van der Waals surface area contributed by atoms with E-state index in [1.54, 1.807) is 12.1 Å². The van der Waals surface area contributed by atoms with Crippen molar-refractivity contribution in [1.29, 1.82) is 0 Å². The number of aliphatic hydroxyl groups is 1. The first-order chi connectivity index (χ1) is 17.9. The lowest BCUT2D eigenvalue weighted by Gasteiger charge is -2.29. The van der Waals surface area contributed by atoms with E-state index in [2.05, 4.69) is 47.5 Å². The Bertz CT molecular complexity index is 1470. The molecule has 1 atom stereocenters. The monoisotopic (exact) mass is 636 g/mol. The molecule has 0 bridgehead atoms. The lowest BCUT2D eigenvalue weighted by atomic mass is 9.87. The molecule has 5 aromatic rings. The molecule has 0 aliphatic carbocycles. The van der Waals surface area contributed by atoms with Gasteiger partial charge in [-0.1, -0.05) is 103 Å². The molecule has 1 unspecified atom stereocenters. The van der Waals surface area contributed by atoms with Crippen LogP contribution < -0.4 is 5.32 Å². The average molecular weight is 639 g/mol. The second-order valence-corrected chi connectivity index (χ2v) is 10.9. The van der Waals surface area contributed by atoms with Crippen LogP contribution in [0.2, 0.25) is 5.02 Å². The number of benzene rings is 4. The van der Waals surface area contributed by atoms with Gasteiger partial charge < -0.3 is 10.4 Å². The maximum Gasteiger partial charge on any atom is 0.153 e. The Morgan fingerprint density at radius 1 is 0.811 bits per heavy atom. The van der Waals surface area contributed by atoms with E-state index in [1.807, 2.05) is 95.7 Å². The number of hydrogen-bond donors (Lipinski definition) is 2. The summed E-state index contributed by atoms with van der Waals surface area (Å²) in [7, 11) is 0. The lowest BCUT2D eigenvalue weighted by Crippen LogP contribution is -2.36. The molecule has 186 valence electrons. The van der Waals surface area contributed by atoms with Crippen molar-refractivity contribution in [3.8, 4) is 11.3 Å². The topological polar surface area (TPSA) is 63.0 Å². The molecule has 0 amide bonds. The van der Waals surface area contributed by atoms with Crippen LogP contribution in [0.4, 0.5) is 5.69 Å². The van der Waals surface area contributed by atoms with E-state index in [1.165, 1.54) is 0 Å². The van der Waals surface area contributed by atoms with Crippen molar-refractivity contribution in [3.05, 3.63) is 134 Å². The van der Waals surface area contributed by atoms with Crippen molar-refractivity contribution >= 4 is 49.1 Å². The van der Waals surface area contributed by atoms with E-state index in [0.29, 0.717) is 22.8 Å². The lowest BCUT2D eigenvalue weighted by molar-refractivity contribution is 0.0907. The highest BCUT2D eigenvalue weighted by atomic mass is 79.9. The number of nitrogens with zero attached hydrogens (tertiary/aromatic N) is 3. The second kappa shape index (κ2) is 11.2. The van der Waals surface area contributed by atoms with Gasteiger partial charge in [-0.3, -0.25) is 0 Å². The molecule has 5 nitrogen and oxygen atoms in total. The molecule has 0 spiro atoms. The maximum absolute atomic E-state index is 12.4. The first-order valence-electron chi connectivity index (χ1n) is 11.6. The first kappa shape index (κ1) is 25.7. The quantitative estimate of drug-likeness (QED) is 0.185. The highest BCUT2D eigenvalue weighted by Gasteiger charge is 2.38. The Morgan fingerprint density at radius 3 is 2.08 bits per heavy atom. The van der Waals surface area contributed by atoms with Crippen LogP contribution >= 0.6 is 43.5 Å². The highest BCUT2D eigenvalue weighted by molar-refractivity contribution is 9.10. The minimum absolute atomic E-state index is 0.170. The van der Waals surface area contributed by atoms with Crippen molar-refractivity contribution in [2.75, 3.05) is 11.9 Å². The van der Waals surface area contributed by atoms with Crippen LogP contribution in [0.25, 0.3) is 11.3 Å². The van der Waals surface area contributed by atoms with E-state index in [9.17, 15) is 5.11 Å². The molecule has 4 aromatic carbocycles. The molecular weight excluding hydrogens is 616 g/mol. The van der Waals surface area contributed by atoms with Gasteiger partial charge in [-0.05, 0) is 59.7 Å². The fourth-order valence-electron chi connectivity index (χ4n) is 4.20. The number of halogens is 3. The van der Waals surface area contributed by atoms with E-state index < -0.39 is 5.60 Å². The van der Waals surface area contributed by atoms with Gasteiger partial charge in [0.15, 0.2) is 5.60 Å². The summed E-state index contributed by atoms with van der Waals surface area (Å²) < 4.78 is 3.78. The molecule has 0 aliphatic heterocycles. The fraction of sp³-hybridized carbons (Fsp3) is 0.103. The van der Waals surface area contributed by atoms with Crippen LogP contribution in [0.5, 0.6) is 0 Å². The second-order valence-electron chi connectivity index (χ2n) is 8.66. The minimum Gasteiger partial charge on any atom is -0.381 e. The summed E-state index contributed by atoms with van der Waals surface area (Å²) in [6, 6.07) is 33.0. The molecule has 5 rings (SSSR count). The number of aromatic nitrogens is 3. The van der Waals surface area contributed by atoms with E-state index >= 15 is 0 Å². The SMILES string of the molecule is OC(CNc1ccc(Br)cc1)(c1ccc(Cl)cc1)c1nnn(Cc2ccccc2)c1-c1ccc(Br)cc1. The molecule has 0 aliphatic rings. The molecule has 0 saturated heterocycles. The Labute approximate surface area is 237 Å². The smallest absolute Gasteiger partial charge is 0.153 e. The maximum atomic E-state index is 12.4. The Hall–Kier alpha value is -2.97. The molecule has 37 heavy (non-hydrogen) atoms. The van der Waals surface area contributed by atoms with Crippen LogP contribution in [-0.2, 0) is 12.1 Å². The minimum atomic E-state index is -1.50. The first-order valence-corrected chi connectivity index (χ1v) is 13.6. The molecule has 2 N–H and O–H groups in total. The van der Waals surface area contributed by atoms with E-state index in [0.717, 1.165) is 31.5 Å². The van der Waals surface area contributed by atoms with Gasteiger partial charge in [-0.25, -0.2) is 4.68 Å². The van der Waals surface area contributed by atoms with Gasteiger partial charge in [-0.2, -0.15) is 0 Å². The largest absolute Gasteiger partial charge is 0.381 e. The number of rotatable bonds is 8. The molecule has 8 heteroatoms. The third kappa shape index (κ3) is 5.80. The van der Waals surface area contributed by atoms with E-state index in [-0.39, 0.29) is 6.54 Å². The molecule has 0 fully saturated rings. The Balaban J connectivity index is 1.64. The average Bonchev–Trinajstić information content (AvgIpc) is 3.33. The van der Waals surface area contributed by atoms with Crippen molar-refractivity contribution in [1.82, 2.24) is 15.0 Å². The van der Waals surface area contributed by atoms with Gasteiger partial charge in [0.2, 0.25) is 0 Å². The number of hydrogen-bond acceptors (Lipinski definition) is 4. The van der Waals surface area contributed by atoms with Crippen LogP contribution in [0.15, 0.2) is 112 Å². The predicted octanol–water partition coefficient (Wildman–Crippen LogP) is 7.52. The molecule has 1 heterocycles. The summed E-state index contributed by atoms with van der Waals surface area (Å²) in [5, 5.41) is 25.5. The standard InChI is InChI=1S/C29H23Br2ClN4O/c30-23-10-6-21(7-11-23)27-28(34-35-36(27)18-20-4-2-1-3-5-20)29(37,22-8-14-25(32)15-9-22)19-33-26-16-12-24(31)13-17-26/h1-17,33,37H,18-19H2. The van der Waals surface area contributed by atoms with Gasteiger partial charge in [0, 0.05) is 25.2 Å². The Kier molecular flexibility index (Phi) is 7.76. The van der Waals surface area contributed by atoms with Gasteiger partial charge in [0.25, 0.3) is 0 Å². The van der Waals surface area contributed by atoms with Crippen molar-refractivity contribution < 1.29 is 5.11 Å². The zero-order valence-corrected chi connectivity index (χ0v) is 23.6. The Morgan fingerprint density at radius 2 is 1.43 bits per heavy atom. The van der Waals surface area contributed by atoms with Crippen LogP contribution in [0.1, 0.15) is 16.8 Å². The number of nitrogens with one attached hydrogen (secondary N) is 1. The van der Waals surface area contributed by atoms with Crippen LogP contribution in [-0.4, -0.2) is 26.6 Å². The van der Waals surface area contributed by atoms with Gasteiger partial charge in [0.05, 0.1) is 18.8 Å². The summed E-state index contributed by atoms with van der Waals surface area (Å²) in [6.07, 6.45) is 0. The predicted molar refractivity (Wildman–Crippen MR) is 156 cm³/mol. The number of anilines is 1. The van der Waals surface area contributed by atoms with Crippen molar-refractivity contribution in [2.24, 2.45) is 0 Å². The molecular formula is C29H23Br2ClN4O. The third-order valence-electron chi connectivity index (χ3n) is 6.13. The summed E-state index contributed by atoms with van der Waals surface area (Å²) >= 11 is 13.2. The molecule has 0 radical (unpaired) electrons. The normalized spacial score (nSPS) is 12.8. The van der Waals surface area contributed by atoms with Crippen molar-refractivity contribution in [3.63, 3.8) is 0 Å². The molecule has 0 saturated carbocycles.